The highest BCUT2D eigenvalue weighted by Gasteiger charge is 2.35. The lowest BCUT2D eigenvalue weighted by molar-refractivity contribution is -0.114. The van der Waals surface area contributed by atoms with E-state index >= 15 is 0 Å². The zero-order valence-electron chi connectivity index (χ0n) is 13.4. The van der Waals surface area contributed by atoms with Crippen LogP contribution in [0.3, 0.4) is 0 Å². The van der Waals surface area contributed by atoms with Crippen LogP contribution in [0.4, 0.5) is 5.69 Å². The molecule has 1 amide bonds. The Morgan fingerprint density at radius 2 is 1.81 bits per heavy atom. The van der Waals surface area contributed by atoms with Crippen LogP contribution in [0.1, 0.15) is 38.2 Å². The summed E-state index contributed by atoms with van der Waals surface area (Å²) in [7, 11) is 4.38. The summed E-state index contributed by atoms with van der Waals surface area (Å²) in [6.07, 6.45) is 5.25. The second kappa shape index (κ2) is 7.05. The first kappa shape index (κ1) is 16.0. The lowest BCUT2D eigenvalue weighted by atomic mass is 9.96. The molecule has 0 heterocycles. The Labute approximate surface area is 127 Å². The first-order valence-corrected chi connectivity index (χ1v) is 7.76. The number of carbonyl (C=O) groups is 1. The fourth-order valence-electron chi connectivity index (χ4n) is 3.16. The molecule has 1 saturated carbocycles. The van der Waals surface area contributed by atoms with E-state index in [1.807, 2.05) is 12.1 Å². The standard InChI is InChI=1S/C17H27N3O/c1-14(21)19-16-8-6-15(7-9-16)12-18-13-17(20(2)3)10-4-5-11-17/h6-9,18H,4-5,10-13H2,1-3H3,(H,19,21). The average molecular weight is 289 g/mol. The molecule has 4 nitrogen and oxygen atoms in total. The smallest absolute Gasteiger partial charge is 0.221 e. The third-order valence-corrected chi connectivity index (χ3v) is 4.54. The third kappa shape index (κ3) is 4.29. The third-order valence-electron chi connectivity index (χ3n) is 4.54. The molecule has 2 N–H and O–H groups in total. The molecule has 0 radical (unpaired) electrons. The van der Waals surface area contributed by atoms with Crippen LogP contribution in [-0.2, 0) is 11.3 Å². The Bertz CT molecular complexity index is 461. The monoisotopic (exact) mass is 289 g/mol. The number of carbonyl (C=O) groups excluding carboxylic acids is 1. The second-order valence-electron chi connectivity index (χ2n) is 6.31. The molecule has 0 atom stereocenters. The number of hydrogen-bond donors (Lipinski definition) is 2. The highest BCUT2D eigenvalue weighted by atomic mass is 16.1. The van der Waals surface area contributed by atoms with Crippen molar-refractivity contribution in [1.29, 1.82) is 0 Å². The summed E-state index contributed by atoms with van der Waals surface area (Å²) < 4.78 is 0. The molecule has 0 unspecified atom stereocenters. The van der Waals surface area contributed by atoms with Crippen LogP contribution in [-0.4, -0.2) is 37.0 Å². The van der Waals surface area contributed by atoms with Crippen molar-refractivity contribution < 1.29 is 4.79 Å². The van der Waals surface area contributed by atoms with E-state index in [0.717, 1.165) is 18.8 Å². The van der Waals surface area contributed by atoms with Gasteiger partial charge in [0, 0.05) is 31.2 Å². The van der Waals surface area contributed by atoms with Gasteiger partial charge in [0.1, 0.15) is 0 Å². The van der Waals surface area contributed by atoms with Crippen LogP contribution in [0.15, 0.2) is 24.3 Å². The minimum absolute atomic E-state index is 0.0324. The lowest BCUT2D eigenvalue weighted by Gasteiger charge is -2.36. The topological polar surface area (TPSA) is 44.4 Å². The molecule has 1 aliphatic rings. The molecule has 1 aromatic rings. The van der Waals surface area contributed by atoms with Crippen molar-refractivity contribution in [2.75, 3.05) is 26.0 Å². The van der Waals surface area contributed by atoms with Gasteiger partial charge in [0.15, 0.2) is 0 Å². The average Bonchev–Trinajstić information content (AvgIpc) is 2.90. The van der Waals surface area contributed by atoms with Crippen molar-refractivity contribution in [3.63, 3.8) is 0 Å². The van der Waals surface area contributed by atoms with Crippen molar-refractivity contribution >= 4 is 11.6 Å². The van der Waals surface area contributed by atoms with E-state index in [0.29, 0.717) is 5.54 Å². The van der Waals surface area contributed by atoms with E-state index in [4.69, 9.17) is 0 Å². The van der Waals surface area contributed by atoms with Gasteiger partial charge in [-0.05, 0) is 44.6 Å². The van der Waals surface area contributed by atoms with Gasteiger partial charge in [-0.1, -0.05) is 25.0 Å². The largest absolute Gasteiger partial charge is 0.326 e. The predicted molar refractivity (Wildman–Crippen MR) is 87.3 cm³/mol. The number of hydrogen-bond acceptors (Lipinski definition) is 3. The maximum Gasteiger partial charge on any atom is 0.221 e. The predicted octanol–water partition coefficient (Wildman–Crippen LogP) is 2.61. The number of amides is 1. The second-order valence-corrected chi connectivity index (χ2v) is 6.31. The quantitative estimate of drug-likeness (QED) is 0.846. The molecule has 1 fully saturated rings. The van der Waals surface area contributed by atoms with Crippen LogP contribution in [0.2, 0.25) is 0 Å². The highest BCUT2D eigenvalue weighted by Crippen LogP contribution is 2.33. The summed E-state index contributed by atoms with van der Waals surface area (Å²) in [6, 6.07) is 8.04. The Morgan fingerprint density at radius 3 is 2.33 bits per heavy atom. The number of benzene rings is 1. The summed E-state index contributed by atoms with van der Waals surface area (Å²) in [5.41, 5.74) is 2.43. The van der Waals surface area contributed by atoms with E-state index in [1.54, 1.807) is 0 Å². The van der Waals surface area contributed by atoms with Crippen LogP contribution in [0.25, 0.3) is 0 Å². The van der Waals surface area contributed by atoms with Crippen molar-refractivity contribution in [3.05, 3.63) is 29.8 Å². The maximum absolute atomic E-state index is 11.0. The maximum atomic E-state index is 11.0. The van der Waals surface area contributed by atoms with Gasteiger partial charge >= 0.3 is 0 Å². The molecular formula is C17H27N3O. The van der Waals surface area contributed by atoms with E-state index in [1.165, 1.54) is 38.2 Å². The number of likely N-dealkylation sites (N-methyl/N-ethyl adjacent to an activating group) is 1. The summed E-state index contributed by atoms with van der Waals surface area (Å²) in [4.78, 5) is 13.4. The minimum Gasteiger partial charge on any atom is -0.326 e. The molecule has 0 aliphatic heterocycles. The van der Waals surface area contributed by atoms with Gasteiger partial charge in [-0.15, -0.1) is 0 Å². The number of rotatable bonds is 6. The van der Waals surface area contributed by atoms with Crippen molar-refractivity contribution in [2.45, 2.75) is 44.7 Å². The summed E-state index contributed by atoms with van der Waals surface area (Å²) in [5.74, 6) is -0.0324. The van der Waals surface area contributed by atoms with Crippen LogP contribution in [0.5, 0.6) is 0 Å². The molecule has 0 bridgehead atoms. The van der Waals surface area contributed by atoms with Gasteiger partial charge in [0.25, 0.3) is 0 Å². The van der Waals surface area contributed by atoms with Gasteiger partial charge in [-0.25, -0.2) is 0 Å². The molecule has 0 aromatic heterocycles. The fraction of sp³-hybridized carbons (Fsp3) is 0.588. The first-order valence-electron chi connectivity index (χ1n) is 7.76. The molecule has 0 spiro atoms. The molecule has 1 aliphatic carbocycles. The Balaban J connectivity index is 1.84. The first-order chi connectivity index (χ1) is 10.0. The van der Waals surface area contributed by atoms with Gasteiger partial charge in [0.05, 0.1) is 0 Å². The molecule has 4 heteroatoms. The van der Waals surface area contributed by atoms with Crippen LogP contribution >= 0.6 is 0 Å². The molecule has 0 saturated heterocycles. The van der Waals surface area contributed by atoms with E-state index < -0.39 is 0 Å². The minimum atomic E-state index is -0.0324. The number of nitrogens with zero attached hydrogens (tertiary/aromatic N) is 1. The van der Waals surface area contributed by atoms with Crippen LogP contribution < -0.4 is 10.6 Å². The number of anilines is 1. The van der Waals surface area contributed by atoms with Gasteiger partial charge < -0.3 is 15.5 Å². The molecule has 1 aromatic carbocycles. The van der Waals surface area contributed by atoms with E-state index in [9.17, 15) is 4.79 Å². The summed E-state index contributed by atoms with van der Waals surface area (Å²) in [6.45, 7) is 3.43. The Morgan fingerprint density at radius 1 is 1.19 bits per heavy atom. The van der Waals surface area contributed by atoms with Crippen molar-refractivity contribution in [3.8, 4) is 0 Å². The van der Waals surface area contributed by atoms with Gasteiger partial charge in [-0.2, -0.15) is 0 Å². The Hall–Kier alpha value is -1.39. The summed E-state index contributed by atoms with van der Waals surface area (Å²) >= 11 is 0. The molecule has 2 rings (SSSR count). The highest BCUT2D eigenvalue weighted by molar-refractivity contribution is 5.88. The van der Waals surface area contributed by atoms with Crippen molar-refractivity contribution in [2.24, 2.45) is 0 Å². The lowest BCUT2D eigenvalue weighted by Crippen LogP contribution is -2.49. The zero-order valence-corrected chi connectivity index (χ0v) is 13.4. The molecule has 116 valence electrons. The SMILES string of the molecule is CC(=O)Nc1ccc(CNCC2(N(C)C)CCCC2)cc1. The van der Waals surface area contributed by atoms with Gasteiger partial charge in [0.2, 0.25) is 5.91 Å². The van der Waals surface area contributed by atoms with E-state index in [2.05, 4.69) is 41.8 Å². The molecule has 21 heavy (non-hydrogen) atoms. The van der Waals surface area contributed by atoms with Crippen molar-refractivity contribution in [1.82, 2.24) is 10.2 Å². The summed E-state index contributed by atoms with van der Waals surface area (Å²) in [5, 5.41) is 6.38. The normalized spacial score (nSPS) is 17.1. The fourth-order valence-corrected chi connectivity index (χ4v) is 3.16. The van der Waals surface area contributed by atoms with E-state index in [-0.39, 0.29) is 5.91 Å². The van der Waals surface area contributed by atoms with Crippen LogP contribution in [0, 0.1) is 0 Å². The Kier molecular flexibility index (Phi) is 5.37. The van der Waals surface area contributed by atoms with Gasteiger partial charge in [-0.3, -0.25) is 4.79 Å². The zero-order chi connectivity index (χ0) is 15.3. The number of nitrogens with one attached hydrogen (secondary N) is 2. The molecular weight excluding hydrogens is 262 g/mol.